The van der Waals surface area contributed by atoms with Crippen LogP contribution in [0.4, 0.5) is 5.82 Å². The molecule has 1 aliphatic heterocycles. The lowest BCUT2D eigenvalue weighted by atomic mass is 10.1. The monoisotopic (exact) mass is 417 g/mol. The van der Waals surface area contributed by atoms with E-state index < -0.39 is 0 Å². The van der Waals surface area contributed by atoms with Gasteiger partial charge in [0.2, 0.25) is 0 Å². The average Bonchev–Trinajstić information content (AvgIpc) is 3.39. The molecule has 5 rings (SSSR count). The van der Waals surface area contributed by atoms with E-state index in [4.69, 9.17) is 9.97 Å². The Labute approximate surface area is 183 Å². The third-order valence-corrected chi connectivity index (χ3v) is 6.32. The number of imidazole rings is 2. The zero-order valence-electron chi connectivity index (χ0n) is 18.4. The highest BCUT2D eigenvalue weighted by Crippen LogP contribution is 2.25. The molecule has 162 valence electrons. The molecule has 0 atom stereocenters. The van der Waals surface area contributed by atoms with Gasteiger partial charge in [0.15, 0.2) is 17.0 Å². The van der Waals surface area contributed by atoms with Gasteiger partial charge in [-0.2, -0.15) is 0 Å². The zero-order chi connectivity index (χ0) is 21.0. The van der Waals surface area contributed by atoms with Crippen LogP contribution in [0, 0.1) is 0 Å². The summed E-state index contributed by atoms with van der Waals surface area (Å²) in [7, 11) is 0. The second-order valence-electron chi connectivity index (χ2n) is 8.52. The van der Waals surface area contributed by atoms with Gasteiger partial charge in [-0.25, -0.2) is 19.9 Å². The van der Waals surface area contributed by atoms with Crippen molar-refractivity contribution in [1.29, 1.82) is 0 Å². The van der Waals surface area contributed by atoms with Crippen LogP contribution in [0.5, 0.6) is 0 Å². The molecule has 3 aromatic heterocycles. The Morgan fingerprint density at radius 3 is 2.68 bits per heavy atom. The predicted octanol–water partition coefficient (Wildman–Crippen LogP) is 4.79. The van der Waals surface area contributed by atoms with Gasteiger partial charge < -0.3 is 14.0 Å². The molecular weight excluding hydrogens is 386 g/mol. The van der Waals surface area contributed by atoms with E-state index in [1.54, 1.807) is 6.33 Å². The predicted molar refractivity (Wildman–Crippen MR) is 124 cm³/mol. The summed E-state index contributed by atoms with van der Waals surface area (Å²) in [5, 5.41) is 0. The molecule has 0 bridgehead atoms. The maximum atomic E-state index is 4.97. The number of fused-ring (bicyclic) bond motifs is 2. The number of hydrogen-bond donors (Lipinski definition) is 0. The maximum Gasteiger partial charge on any atom is 0.165 e. The smallest absolute Gasteiger partial charge is 0.165 e. The van der Waals surface area contributed by atoms with Gasteiger partial charge in [0.1, 0.15) is 12.2 Å². The van der Waals surface area contributed by atoms with Gasteiger partial charge in [0, 0.05) is 19.6 Å². The minimum Gasteiger partial charge on any atom is -0.355 e. The number of anilines is 1. The number of nitrogens with zero attached hydrogens (tertiary/aromatic N) is 7. The van der Waals surface area contributed by atoms with Gasteiger partial charge in [0.25, 0.3) is 0 Å². The number of unbranched alkanes of at least 4 members (excludes halogenated alkanes) is 3. The van der Waals surface area contributed by atoms with E-state index in [1.165, 1.54) is 50.5 Å². The summed E-state index contributed by atoms with van der Waals surface area (Å²) in [5.74, 6) is 2.03. The fourth-order valence-corrected chi connectivity index (χ4v) is 4.67. The number of rotatable bonds is 8. The summed E-state index contributed by atoms with van der Waals surface area (Å²) in [6.07, 6.45) is 12.3. The fraction of sp³-hybridized carbons (Fsp3) is 0.500. The van der Waals surface area contributed by atoms with E-state index in [2.05, 4.69) is 55.2 Å². The van der Waals surface area contributed by atoms with Crippen LogP contribution >= 0.6 is 0 Å². The van der Waals surface area contributed by atoms with Crippen LogP contribution in [0.2, 0.25) is 0 Å². The number of aromatic nitrogens is 6. The Balaban J connectivity index is 1.47. The Morgan fingerprint density at radius 2 is 1.81 bits per heavy atom. The topological polar surface area (TPSA) is 64.7 Å². The van der Waals surface area contributed by atoms with E-state index in [9.17, 15) is 0 Å². The molecule has 0 saturated carbocycles. The molecule has 1 aliphatic rings. The van der Waals surface area contributed by atoms with Crippen LogP contribution in [0.1, 0.15) is 57.7 Å². The number of aryl methyl sites for hydroxylation is 1. The molecule has 7 heteroatoms. The number of benzene rings is 1. The quantitative estimate of drug-likeness (QED) is 0.386. The highest BCUT2D eigenvalue weighted by atomic mass is 15.2. The minimum absolute atomic E-state index is 0.662. The third-order valence-electron chi connectivity index (χ3n) is 6.32. The Kier molecular flexibility index (Phi) is 5.82. The second-order valence-corrected chi connectivity index (χ2v) is 8.52. The van der Waals surface area contributed by atoms with Crippen molar-refractivity contribution >= 4 is 28.0 Å². The standard InChI is InChI=1S/C24H31N7/c1-2-3-4-10-15-31-20-12-7-6-11-19(20)28-21(31)16-30-18-27-22-23(25-17-26-24(22)30)29-13-8-5-9-14-29/h6-7,11-12,17-18H,2-5,8-10,13-16H2,1H3. The molecule has 4 aromatic rings. The van der Waals surface area contributed by atoms with Gasteiger partial charge in [-0.3, -0.25) is 0 Å². The van der Waals surface area contributed by atoms with E-state index >= 15 is 0 Å². The van der Waals surface area contributed by atoms with E-state index in [0.29, 0.717) is 6.54 Å². The molecule has 0 amide bonds. The molecule has 0 N–H and O–H groups in total. The van der Waals surface area contributed by atoms with E-state index in [1.807, 2.05) is 6.33 Å². The highest BCUT2D eigenvalue weighted by Gasteiger charge is 2.19. The van der Waals surface area contributed by atoms with Gasteiger partial charge in [-0.15, -0.1) is 0 Å². The molecule has 7 nitrogen and oxygen atoms in total. The third kappa shape index (κ3) is 4.01. The summed E-state index contributed by atoms with van der Waals surface area (Å²) in [4.78, 5) is 21.2. The van der Waals surface area contributed by atoms with Crippen LogP contribution in [0.15, 0.2) is 36.9 Å². The van der Waals surface area contributed by atoms with Gasteiger partial charge in [-0.05, 0) is 37.8 Å². The van der Waals surface area contributed by atoms with E-state index in [0.717, 1.165) is 48.0 Å². The van der Waals surface area contributed by atoms with Crippen molar-refractivity contribution in [2.24, 2.45) is 0 Å². The molecule has 0 unspecified atom stereocenters. The molecule has 1 aromatic carbocycles. The van der Waals surface area contributed by atoms with Crippen molar-refractivity contribution in [2.75, 3.05) is 18.0 Å². The van der Waals surface area contributed by atoms with Crippen molar-refractivity contribution in [3.05, 3.63) is 42.7 Å². The molecular formula is C24H31N7. The maximum absolute atomic E-state index is 4.97. The largest absolute Gasteiger partial charge is 0.355 e. The lowest BCUT2D eigenvalue weighted by Gasteiger charge is -2.27. The van der Waals surface area contributed by atoms with Crippen molar-refractivity contribution in [2.45, 2.75) is 65.0 Å². The van der Waals surface area contributed by atoms with Gasteiger partial charge >= 0.3 is 0 Å². The summed E-state index contributed by atoms with van der Waals surface area (Å²) >= 11 is 0. The van der Waals surface area contributed by atoms with Crippen LogP contribution in [0.25, 0.3) is 22.2 Å². The summed E-state index contributed by atoms with van der Waals surface area (Å²) in [6.45, 7) is 6.01. The van der Waals surface area contributed by atoms with Gasteiger partial charge in [-0.1, -0.05) is 38.3 Å². The first-order valence-corrected chi connectivity index (χ1v) is 11.7. The molecule has 4 heterocycles. The molecule has 0 radical (unpaired) electrons. The Bertz CT molecular complexity index is 1150. The average molecular weight is 418 g/mol. The lowest BCUT2D eigenvalue weighted by Crippen LogP contribution is -2.30. The first-order chi connectivity index (χ1) is 15.3. The molecule has 0 spiro atoms. The van der Waals surface area contributed by atoms with Crippen molar-refractivity contribution < 1.29 is 0 Å². The lowest BCUT2D eigenvalue weighted by molar-refractivity contribution is 0.566. The van der Waals surface area contributed by atoms with Crippen LogP contribution < -0.4 is 4.90 Å². The number of hydrogen-bond acceptors (Lipinski definition) is 5. The first-order valence-electron chi connectivity index (χ1n) is 11.7. The first kappa shape index (κ1) is 20.0. The summed E-state index contributed by atoms with van der Waals surface area (Å²) < 4.78 is 4.50. The summed E-state index contributed by atoms with van der Waals surface area (Å²) in [6, 6.07) is 8.44. The van der Waals surface area contributed by atoms with Crippen LogP contribution in [-0.2, 0) is 13.1 Å². The minimum atomic E-state index is 0.662. The van der Waals surface area contributed by atoms with Gasteiger partial charge in [0.05, 0.1) is 23.9 Å². The molecule has 0 aliphatic carbocycles. The zero-order valence-corrected chi connectivity index (χ0v) is 18.4. The number of para-hydroxylation sites is 2. The SMILES string of the molecule is CCCCCCn1c(Cn2cnc3c(N4CCCCC4)ncnc32)nc2ccccc21. The molecule has 31 heavy (non-hydrogen) atoms. The highest BCUT2D eigenvalue weighted by molar-refractivity contribution is 5.83. The Hall–Kier alpha value is -2.96. The normalized spacial score (nSPS) is 14.7. The fourth-order valence-electron chi connectivity index (χ4n) is 4.67. The van der Waals surface area contributed by atoms with Crippen LogP contribution in [0.3, 0.4) is 0 Å². The van der Waals surface area contributed by atoms with Crippen LogP contribution in [-0.4, -0.2) is 42.2 Å². The number of piperidine rings is 1. The molecule has 1 saturated heterocycles. The van der Waals surface area contributed by atoms with Crippen molar-refractivity contribution in [3.63, 3.8) is 0 Å². The summed E-state index contributed by atoms with van der Waals surface area (Å²) in [5.41, 5.74) is 4.05. The Morgan fingerprint density at radius 1 is 0.935 bits per heavy atom. The van der Waals surface area contributed by atoms with Crippen molar-refractivity contribution in [1.82, 2.24) is 29.1 Å². The van der Waals surface area contributed by atoms with E-state index in [-0.39, 0.29) is 0 Å². The van der Waals surface area contributed by atoms with Crippen molar-refractivity contribution in [3.8, 4) is 0 Å². The second kappa shape index (κ2) is 9.04. The molecule has 1 fully saturated rings.